The number of nitrogens with zero attached hydrogens (tertiary/aromatic N) is 2. The summed E-state index contributed by atoms with van der Waals surface area (Å²) in [6, 6.07) is 3.23. The number of likely N-dealkylation sites (tertiary alicyclic amines) is 1. The summed E-state index contributed by atoms with van der Waals surface area (Å²) in [6.07, 6.45) is 3.65. The molecule has 0 radical (unpaired) electrons. The summed E-state index contributed by atoms with van der Waals surface area (Å²) in [5, 5.41) is 0. The van der Waals surface area contributed by atoms with Gasteiger partial charge in [0.25, 0.3) is 0 Å². The zero-order valence-corrected chi connectivity index (χ0v) is 15.6. The van der Waals surface area contributed by atoms with Crippen LogP contribution in [-0.4, -0.2) is 44.7 Å². The molecule has 1 aromatic rings. The van der Waals surface area contributed by atoms with Gasteiger partial charge in [0.15, 0.2) is 0 Å². The van der Waals surface area contributed by atoms with Gasteiger partial charge >= 0.3 is 6.18 Å². The molecule has 2 saturated heterocycles. The van der Waals surface area contributed by atoms with E-state index in [-0.39, 0.29) is 0 Å². The highest BCUT2D eigenvalue weighted by Crippen LogP contribution is 2.43. The van der Waals surface area contributed by atoms with Crippen molar-refractivity contribution in [2.24, 2.45) is 5.41 Å². The molecule has 0 aromatic carbocycles. The summed E-state index contributed by atoms with van der Waals surface area (Å²) in [7, 11) is -0.589. The van der Waals surface area contributed by atoms with Crippen LogP contribution in [0.3, 0.4) is 0 Å². The lowest BCUT2D eigenvalue weighted by Crippen LogP contribution is -2.54. The lowest BCUT2D eigenvalue weighted by atomic mass is 9.77. The van der Waals surface area contributed by atoms with Gasteiger partial charge in [-0.05, 0) is 68.2 Å². The standard InChI is InChI=1S/C19H25F3N2OS/c20-19(21,22)17-5-4-15(11-23-17)14-2-1-3-16(10-14)24-8-6-18(7-9-24)12-26(25)13-18/h4-5,11,14,16H,1-3,6-10,12-13H2. The first kappa shape index (κ1) is 18.4. The lowest BCUT2D eigenvalue weighted by Gasteiger charge is -2.49. The highest BCUT2D eigenvalue weighted by Gasteiger charge is 2.45. The minimum absolute atomic E-state index is 0.302. The van der Waals surface area contributed by atoms with Crippen molar-refractivity contribution in [2.75, 3.05) is 24.6 Å². The maximum atomic E-state index is 12.7. The molecule has 1 saturated carbocycles. The fourth-order valence-corrected chi connectivity index (χ4v) is 6.76. The first-order valence-electron chi connectivity index (χ1n) is 9.47. The fourth-order valence-electron chi connectivity index (χ4n) is 4.91. The quantitative estimate of drug-likeness (QED) is 0.771. The van der Waals surface area contributed by atoms with Gasteiger partial charge in [0, 0.05) is 34.5 Å². The number of rotatable bonds is 2. The molecule has 0 amide bonds. The van der Waals surface area contributed by atoms with Crippen LogP contribution in [0.1, 0.15) is 55.7 Å². The molecule has 26 heavy (non-hydrogen) atoms. The number of piperidine rings is 1. The van der Waals surface area contributed by atoms with E-state index in [9.17, 15) is 17.4 Å². The van der Waals surface area contributed by atoms with E-state index in [0.717, 1.165) is 68.3 Å². The number of pyridine rings is 1. The Morgan fingerprint density at radius 3 is 2.46 bits per heavy atom. The molecule has 2 unspecified atom stereocenters. The summed E-state index contributed by atoms with van der Waals surface area (Å²) in [4.78, 5) is 6.21. The first-order chi connectivity index (χ1) is 12.3. The van der Waals surface area contributed by atoms with Crippen molar-refractivity contribution in [1.29, 1.82) is 0 Å². The van der Waals surface area contributed by atoms with Gasteiger partial charge in [-0.2, -0.15) is 13.2 Å². The Balaban J connectivity index is 1.36. The largest absolute Gasteiger partial charge is 0.433 e. The van der Waals surface area contributed by atoms with E-state index in [1.165, 1.54) is 12.6 Å². The Kier molecular flexibility index (Phi) is 4.88. The third-order valence-electron chi connectivity index (χ3n) is 6.50. The van der Waals surface area contributed by atoms with Crippen LogP contribution >= 0.6 is 0 Å². The molecular weight excluding hydrogens is 361 g/mol. The Morgan fingerprint density at radius 2 is 1.88 bits per heavy atom. The van der Waals surface area contributed by atoms with Crippen LogP contribution in [0.15, 0.2) is 18.3 Å². The third kappa shape index (κ3) is 3.70. The van der Waals surface area contributed by atoms with Gasteiger partial charge in [0.2, 0.25) is 0 Å². The van der Waals surface area contributed by atoms with Gasteiger partial charge in [-0.1, -0.05) is 12.5 Å². The number of hydrogen-bond donors (Lipinski definition) is 0. The number of halogens is 3. The molecule has 3 fully saturated rings. The lowest BCUT2D eigenvalue weighted by molar-refractivity contribution is -0.141. The molecule has 0 N–H and O–H groups in total. The molecule has 1 aliphatic carbocycles. The Hall–Kier alpha value is -0.950. The van der Waals surface area contributed by atoms with Gasteiger partial charge < -0.3 is 4.90 Å². The van der Waals surface area contributed by atoms with E-state index in [1.54, 1.807) is 6.07 Å². The summed E-state index contributed by atoms with van der Waals surface area (Å²) in [5.41, 5.74) is 0.464. The van der Waals surface area contributed by atoms with Crippen molar-refractivity contribution in [3.8, 4) is 0 Å². The normalized spacial score (nSPS) is 30.3. The van der Waals surface area contributed by atoms with Gasteiger partial charge in [0.05, 0.1) is 0 Å². The Morgan fingerprint density at radius 1 is 1.15 bits per heavy atom. The van der Waals surface area contributed by atoms with Crippen molar-refractivity contribution in [2.45, 2.75) is 56.7 Å². The predicted octanol–water partition coefficient (Wildman–Crippen LogP) is 3.97. The van der Waals surface area contributed by atoms with E-state index in [2.05, 4.69) is 9.88 Å². The fraction of sp³-hybridized carbons (Fsp3) is 0.737. The van der Waals surface area contributed by atoms with Crippen molar-refractivity contribution < 1.29 is 17.4 Å². The Labute approximate surface area is 154 Å². The molecule has 4 rings (SSSR count). The van der Waals surface area contributed by atoms with Crippen LogP contribution < -0.4 is 0 Å². The predicted molar refractivity (Wildman–Crippen MR) is 95.4 cm³/mol. The minimum Gasteiger partial charge on any atom is -0.300 e. The van der Waals surface area contributed by atoms with E-state index >= 15 is 0 Å². The van der Waals surface area contributed by atoms with E-state index in [1.807, 2.05) is 0 Å². The summed E-state index contributed by atoms with van der Waals surface area (Å²) < 4.78 is 49.6. The molecule has 3 nitrogen and oxygen atoms in total. The van der Waals surface area contributed by atoms with Crippen LogP contribution in [-0.2, 0) is 17.0 Å². The molecule has 1 spiro atoms. The average molecular weight is 386 g/mol. The monoisotopic (exact) mass is 386 g/mol. The van der Waals surface area contributed by atoms with Crippen molar-refractivity contribution in [1.82, 2.24) is 9.88 Å². The van der Waals surface area contributed by atoms with Crippen LogP contribution in [0.2, 0.25) is 0 Å². The second kappa shape index (κ2) is 6.89. The molecule has 2 aliphatic heterocycles. The average Bonchev–Trinajstić information content (AvgIpc) is 2.61. The highest BCUT2D eigenvalue weighted by molar-refractivity contribution is 7.86. The molecule has 3 heterocycles. The maximum absolute atomic E-state index is 12.7. The molecule has 1 aromatic heterocycles. The summed E-state index contributed by atoms with van der Waals surface area (Å²) in [5.74, 6) is 2.06. The SMILES string of the molecule is O=S1CC2(CCN(C3CCCC(c4ccc(C(F)(F)F)nc4)C3)CC2)C1. The number of alkyl halides is 3. The Bertz CT molecular complexity index is 658. The summed E-state index contributed by atoms with van der Waals surface area (Å²) in [6.45, 7) is 2.14. The zero-order valence-electron chi connectivity index (χ0n) is 14.8. The van der Waals surface area contributed by atoms with Crippen molar-refractivity contribution in [3.63, 3.8) is 0 Å². The minimum atomic E-state index is -4.37. The van der Waals surface area contributed by atoms with Gasteiger partial charge in [-0.15, -0.1) is 0 Å². The van der Waals surface area contributed by atoms with Crippen molar-refractivity contribution in [3.05, 3.63) is 29.6 Å². The van der Waals surface area contributed by atoms with E-state index < -0.39 is 22.7 Å². The van der Waals surface area contributed by atoms with Gasteiger partial charge in [-0.3, -0.25) is 9.19 Å². The molecule has 3 aliphatic rings. The zero-order chi connectivity index (χ0) is 18.4. The van der Waals surface area contributed by atoms with Crippen LogP contribution in [0, 0.1) is 5.41 Å². The first-order valence-corrected chi connectivity index (χ1v) is 11.0. The van der Waals surface area contributed by atoms with Gasteiger partial charge in [-0.25, -0.2) is 0 Å². The van der Waals surface area contributed by atoms with E-state index in [0.29, 0.717) is 17.4 Å². The topological polar surface area (TPSA) is 33.2 Å². The van der Waals surface area contributed by atoms with Crippen LogP contribution in [0.5, 0.6) is 0 Å². The van der Waals surface area contributed by atoms with Crippen molar-refractivity contribution >= 4 is 10.8 Å². The molecule has 144 valence electrons. The number of hydrogen-bond acceptors (Lipinski definition) is 3. The molecule has 7 heteroatoms. The number of aromatic nitrogens is 1. The molecular formula is C19H25F3N2OS. The van der Waals surface area contributed by atoms with E-state index in [4.69, 9.17) is 0 Å². The second-order valence-corrected chi connectivity index (χ2v) is 9.71. The smallest absolute Gasteiger partial charge is 0.300 e. The molecule has 0 bridgehead atoms. The second-order valence-electron chi connectivity index (χ2n) is 8.26. The van der Waals surface area contributed by atoms with Gasteiger partial charge in [0.1, 0.15) is 5.69 Å². The maximum Gasteiger partial charge on any atom is 0.433 e. The molecule has 2 atom stereocenters. The van der Waals surface area contributed by atoms with Crippen LogP contribution in [0.4, 0.5) is 13.2 Å². The summed E-state index contributed by atoms with van der Waals surface area (Å²) >= 11 is 0. The van der Waals surface area contributed by atoms with Crippen LogP contribution in [0.25, 0.3) is 0 Å². The highest BCUT2D eigenvalue weighted by atomic mass is 32.2. The third-order valence-corrected chi connectivity index (χ3v) is 8.37.